The van der Waals surface area contributed by atoms with Crippen LogP contribution < -0.4 is 4.90 Å². The summed E-state index contributed by atoms with van der Waals surface area (Å²) in [4.78, 5) is 16.5. The number of amides is 1. The van der Waals surface area contributed by atoms with E-state index in [9.17, 15) is 4.79 Å². The van der Waals surface area contributed by atoms with Gasteiger partial charge < -0.3 is 10.2 Å². The van der Waals surface area contributed by atoms with Gasteiger partial charge in [0.15, 0.2) is 0 Å². The Balaban J connectivity index is 2.11. The zero-order chi connectivity index (χ0) is 11.5. The van der Waals surface area contributed by atoms with Gasteiger partial charge >= 0.3 is 6.09 Å². The van der Waals surface area contributed by atoms with Crippen LogP contribution in [-0.4, -0.2) is 33.9 Å². The van der Waals surface area contributed by atoms with E-state index in [1.807, 2.05) is 0 Å². The van der Waals surface area contributed by atoms with E-state index < -0.39 is 6.09 Å². The molecular formula is C11H14N2O3. The Bertz CT molecular complexity index is 363. The van der Waals surface area contributed by atoms with Gasteiger partial charge in [0, 0.05) is 18.8 Å². The van der Waals surface area contributed by atoms with E-state index >= 15 is 0 Å². The van der Waals surface area contributed by atoms with Gasteiger partial charge in [-0.15, -0.1) is 0 Å². The molecule has 5 nitrogen and oxygen atoms in total. The van der Waals surface area contributed by atoms with Crippen LogP contribution in [0, 0.1) is 5.92 Å². The van der Waals surface area contributed by atoms with E-state index in [0.717, 1.165) is 0 Å². The summed E-state index contributed by atoms with van der Waals surface area (Å²) in [6, 6.07) is 5.14. The van der Waals surface area contributed by atoms with E-state index in [0.29, 0.717) is 18.7 Å². The number of aromatic nitrogens is 1. The van der Waals surface area contributed by atoms with Crippen LogP contribution in [-0.2, 0) is 0 Å². The van der Waals surface area contributed by atoms with Crippen molar-refractivity contribution in [3.63, 3.8) is 0 Å². The molecule has 0 unspecified atom stereocenters. The summed E-state index contributed by atoms with van der Waals surface area (Å²) in [5.41, 5.74) is 0. The second-order valence-electron chi connectivity index (χ2n) is 4.01. The predicted octanol–water partition coefficient (Wildman–Crippen LogP) is 1.34. The van der Waals surface area contributed by atoms with Crippen molar-refractivity contribution >= 4 is 11.9 Å². The maximum Gasteiger partial charge on any atom is 0.413 e. The molecule has 2 rings (SSSR count). The van der Waals surface area contributed by atoms with Gasteiger partial charge in [0.1, 0.15) is 5.82 Å². The molecule has 1 saturated carbocycles. The van der Waals surface area contributed by atoms with Crippen LogP contribution >= 0.6 is 0 Å². The number of hydrogen-bond donors (Lipinski definition) is 2. The van der Waals surface area contributed by atoms with Crippen molar-refractivity contribution < 1.29 is 15.0 Å². The van der Waals surface area contributed by atoms with Crippen molar-refractivity contribution in [1.82, 2.24) is 4.98 Å². The second kappa shape index (κ2) is 4.49. The van der Waals surface area contributed by atoms with Crippen LogP contribution in [0.3, 0.4) is 0 Å². The van der Waals surface area contributed by atoms with Crippen LogP contribution in [0.15, 0.2) is 24.4 Å². The number of nitrogens with zero attached hydrogens (tertiary/aromatic N) is 2. The summed E-state index contributed by atoms with van der Waals surface area (Å²) in [5, 5.41) is 18.1. The fraction of sp³-hybridized carbons (Fsp3) is 0.455. The molecule has 0 spiro atoms. The third-order valence-electron chi connectivity index (χ3n) is 2.94. The fourth-order valence-corrected chi connectivity index (χ4v) is 2.00. The highest BCUT2D eigenvalue weighted by Gasteiger charge is 2.36. The van der Waals surface area contributed by atoms with Crippen molar-refractivity contribution in [2.75, 3.05) is 11.5 Å². The van der Waals surface area contributed by atoms with Gasteiger partial charge in [0.25, 0.3) is 0 Å². The highest BCUT2D eigenvalue weighted by molar-refractivity contribution is 5.85. The molecule has 0 aliphatic heterocycles. The van der Waals surface area contributed by atoms with E-state index in [1.165, 1.54) is 4.90 Å². The lowest BCUT2D eigenvalue weighted by atomic mass is 9.80. The molecule has 86 valence electrons. The Morgan fingerprint density at radius 2 is 2.25 bits per heavy atom. The van der Waals surface area contributed by atoms with Crippen LogP contribution in [0.4, 0.5) is 10.6 Å². The summed E-state index contributed by atoms with van der Waals surface area (Å²) in [7, 11) is 0. The number of anilines is 1. The van der Waals surface area contributed by atoms with Crippen molar-refractivity contribution in [3.8, 4) is 0 Å². The smallest absolute Gasteiger partial charge is 0.413 e. The lowest BCUT2D eigenvalue weighted by molar-refractivity contribution is 0.133. The summed E-state index contributed by atoms with van der Waals surface area (Å²) in [5.74, 6) is 0.687. The monoisotopic (exact) mass is 222 g/mol. The number of hydrogen-bond acceptors (Lipinski definition) is 3. The number of pyridine rings is 1. The van der Waals surface area contributed by atoms with Crippen molar-refractivity contribution in [3.05, 3.63) is 24.4 Å². The third kappa shape index (κ3) is 1.99. The minimum Gasteiger partial charge on any atom is -0.465 e. The normalized spacial score (nSPS) is 23.6. The maximum atomic E-state index is 11.2. The van der Waals surface area contributed by atoms with Gasteiger partial charge in [0.05, 0.1) is 0 Å². The molecule has 0 radical (unpaired) electrons. The molecule has 0 aromatic carbocycles. The topological polar surface area (TPSA) is 73.7 Å². The van der Waals surface area contributed by atoms with E-state index in [4.69, 9.17) is 10.2 Å². The van der Waals surface area contributed by atoms with E-state index in [-0.39, 0.29) is 18.6 Å². The summed E-state index contributed by atoms with van der Waals surface area (Å²) in [6.07, 6.45) is 2.01. The largest absolute Gasteiger partial charge is 0.465 e. The highest BCUT2D eigenvalue weighted by atomic mass is 16.4. The quantitative estimate of drug-likeness (QED) is 0.809. The first-order valence-corrected chi connectivity index (χ1v) is 5.26. The molecular weight excluding hydrogens is 208 g/mol. The first-order valence-electron chi connectivity index (χ1n) is 5.26. The van der Waals surface area contributed by atoms with Gasteiger partial charge in [-0.2, -0.15) is 0 Å². The van der Waals surface area contributed by atoms with Gasteiger partial charge in [-0.05, 0) is 30.9 Å². The average molecular weight is 222 g/mol. The SMILES string of the molecule is O=C(O)N(c1ccccn1)[C@H]1C[C@@H](CO)C1. The summed E-state index contributed by atoms with van der Waals surface area (Å²) in [6.45, 7) is 0.131. The van der Waals surface area contributed by atoms with Crippen molar-refractivity contribution in [1.29, 1.82) is 0 Å². The molecule has 16 heavy (non-hydrogen) atoms. The summed E-state index contributed by atoms with van der Waals surface area (Å²) >= 11 is 0. The lowest BCUT2D eigenvalue weighted by Crippen LogP contribution is -2.48. The standard InChI is InChI=1S/C11H14N2O3/c14-7-8-5-9(6-8)13(11(15)16)10-3-1-2-4-12-10/h1-4,8-9,14H,5-7H2,(H,15,16)/t8-,9+. The minimum absolute atomic E-state index is 0.0513. The van der Waals surface area contributed by atoms with Crippen LogP contribution in [0.5, 0.6) is 0 Å². The highest BCUT2D eigenvalue weighted by Crippen LogP contribution is 2.33. The van der Waals surface area contributed by atoms with Crippen LogP contribution in [0.1, 0.15) is 12.8 Å². The molecule has 0 atom stereocenters. The van der Waals surface area contributed by atoms with Gasteiger partial charge in [-0.3, -0.25) is 4.90 Å². The number of aliphatic hydroxyl groups excluding tert-OH is 1. The number of carbonyl (C=O) groups is 1. The average Bonchev–Trinajstić information content (AvgIpc) is 2.23. The van der Waals surface area contributed by atoms with E-state index in [1.54, 1.807) is 24.4 Å². The predicted molar refractivity (Wildman–Crippen MR) is 58.3 cm³/mol. The van der Waals surface area contributed by atoms with Crippen molar-refractivity contribution in [2.24, 2.45) is 5.92 Å². The maximum absolute atomic E-state index is 11.2. The number of aliphatic hydroxyl groups is 1. The molecule has 0 saturated heterocycles. The Hall–Kier alpha value is -1.62. The third-order valence-corrected chi connectivity index (χ3v) is 2.94. The molecule has 2 N–H and O–H groups in total. The Morgan fingerprint density at radius 1 is 1.50 bits per heavy atom. The number of rotatable bonds is 3. The van der Waals surface area contributed by atoms with Gasteiger partial charge in [-0.1, -0.05) is 6.07 Å². The molecule has 1 amide bonds. The molecule has 1 aromatic rings. The minimum atomic E-state index is -0.986. The molecule has 5 heteroatoms. The van der Waals surface area contributed by atoms with Crippen LogP contribution in [0.25, 0.3) is 0 Å². The zero-order valence-electron chi connectivity index (χ0n) is 8.78. The molecule has 1 aromatic heterocycles. The van der Waals surface area contributed by atoms with Crippen molar-refractivity contribution in [2.45, 2.75) is 18.9 Å². The first-order chi connectivity index (χ1) is 7.72. The zero-order valence-corrected chi connectivity index (χ0v) is 8.78. The first kappa shape index (κ1) is 10.9. The Labute approximate surface area is 93.3 Å². The molecule has 1 aliphatic carbocycles. The van der Waals surface area contributed by atoms with Gasteiger partial charge in [-0.25, -0.2) is 9.78 Å². The van der Waals surface area contributed by atoms with Gasteiger partial charge in [0.2, 0.25) is 0 Å². The molecule has 1 fully saturated rings. The Morgan fingerprint density at radius 3 is 2.75 bits per heavy atom. The fourth-order valence-electron chi connectivity index (χ4n) is 2.00. The summed E-state index contributed by atoms with van der Waals surface area (Å²) < 4.78 is 0. The molecule has 0 bridgehead atoms. The molecule has 1 aliphatic rings. The number of carboxylic acid groups (broad SMARTS) is 1. The second-order valence-corrected chi connectivity index (χ2v) is 4.01. The molecule has 1 heterocycles. The van der Waals surface area contributed by atoms with Crippen LogP contribution in [0.2, 0.25) is 0 Å². The lowest BCUT2D eigenvalue weighted by Gasteiger charge is -2.40. The van der Waals surface area contributed by atoms with E-state index in [2.05, 4.69) is 4.98 Å². The Kier molecular flexibility index (Phi) is 3.05.